The summed E-state index contributed by atoms with van der Waals surface area (Å²) < 4.78 is 10.8. The van der Waals surface area contributed by atoms with Gasteiger partial charge in [0, 0.05) is 6.04 Å². The molecule has 0 unspecified atom stereocenters. The minimum absolute atomic E-state index is 0.153. The van der Waals surface area contributed by atoms with Gasteiger partial charge in [-0.15, -0.1) is 0 Å². The first-order chi connectivity index (χ1) is 10.9. The van der Waals surface area contributed by atoms with Gasteiger partial charge >= 0.3 is 6.09 Å². The van der Waals surface area contributed by atoms with Gasteiger partial charge in [-0.05, 0) is 63.3 Å². The third-order valence-corrected chi connectivity index (χ3v) is 4.46. The fourth-order valence-electron chi connectivity index (χ4n) is 3.45. The van der Waals surface area contributed by atoms with Crippen LogP contribution in [-0.2, 0) is 4.74 Å². The molecule has 2 aliphatic heterocycles. The highest BCUT2D eigenvalue weighted by Gasteiger charge is 2.41. The van der Waals surface area contributed by atoms with Crippen molar-refractivity contribution in [2.45, 2.75) is 57.7 Å². The molecule has 0 aromatic heterocycles. The maximum Gasteiger partial charge on any atom is 0.411 e. The smallest absolute Gasteiger partial charge is 0.411 e. The van der Waals surface area contributed by atoms with Crippen LogP contribution in [0.5, 0.6) is 5.75 Å². The van der Waals surface area contributed by atoms with Crippen LogP contribution in [0, 0.1) is 0 Å². The van der Waals surface area contributed by atoms with Crippen molar-refractivity contribution in [3.8, 4) is 5.75 Å². The molecule has 0 spiro atoms. The van der Waals surface area contributed by atoms with Gasteiger partial charge < -0.3 is 9.47 Å². The maximum absolute atomic E-state index is 12.5. The van der Waals surface area contributed by atoms with Crippen LogP contribution in [0.25, 0.3) is 5.57 Å². The highest BCUT2D eigenvalue weighted by atomic mass is 16.6. The Morgan fingerprint density at radius 2 is 1.87 bits per heavy atom. The summed E-state index contributed by atoms with van der Waals surface area (Å²) >= 11 is 0. The number of fused-ring (bicyclic) bond motifs is 2. The summed E-state index contributed by atoms with van der Waals surface area (Å²) in [6.07, 6.45) is 5.00. The molecule has 1 amide bonds. The van der Waals surface area contributed by atoms with Gasteiger partial charge in [-0.3, -0.25) is 4.90 Å². The van der Waals surface area contributed by atoms with Crippen LogP contribution in [0.2, 0.25) is 0 Å². The zero-order valence-electron chi connectivity index (χ0n) is 14.3. The van der Waals surface area contributed by atoms with Crippen LogP contribution in [0.15, 0.2) is 30.3 Å². The number of carbonyl (C=O) groups excluding carboxylic acids is 1. The van der Waals surface area contributed by atoms with Crippen LogP contribution in [-0.4, -0.2) is 35.8 Å². The minimum Gasteiger partial charge on any atom is -0.497 e. The molecule has 1 aromatic rings. The molecule has 1 fully saturated rings. The number of carbonyl (C=O) groups is 1. The van der Waals surface area contributed by atoms with Gasteiger partial charge in [-0.2, -0.15) is 0 Å². The van der Waals surface area contributed by atoms with E-state index in [1.165, 1.54) is 11.1 Å². The standard InChI is InChI=1S/C19H25NO3/c1-19(2,3)23-18(21)20-15-7-8-16(20)12-14(11-15)13-5-9-17(22-4)10-6-13/h5-6,9-11,15-16H,7-8,12H2,1-4H3/t15-,16+/m1/s1. The molecule has 1 saturated heterocycles. The van der Waals surface area contributed by atoms with Gasteiger partial charge in [0.25, 0.3) is 0 Å². The lowest BCUT2D eigenvalue weighted by Crippen LogP contribution is -2.45. The first-order valence-corrected chi connectivity index (χ1v) is 8.24. The van der Waals surface area contributed by atoms with Crippen LogP contribution >= 0.6 is 0 Å². The molecule has 124 valence electrons. The number of nitrogens with zero attached hydrogens (tertiary/aromatic N) is 1. The van der Waals surface area contributed by atoms with Gasteiger partial charge in [0.1, 0.15) is 11.4 Å². The zero-order valence-corrected chi connectivity index (χ0v) is 14.3. The van der Waals surface area contributed by atoms with Crippen molar-refractivity contribution in [2.24, 2.45) is 0 Å². The van der Waals surface area contributed by atoms with Gasteiger partial charge in [0.05, 0.1) is 13.2 Å². The highest BCUT2D eigenvalue weighted by Crippen LogP contribution is 2.39. The van der Waals surface area contributed by atoms with E-state index in [0.717, 1.165) is 25.0 Å². The molecular weight excluding hydrogens is 290 g/mol. The van der Waals surface area contributed by atoms with E-state index in [1.54, 1.807) is 7.11 Å². The first-order valence-electron chi connectivity index (χ1n) is 8.24. The van der Waals surface area contributed by atoms with Gasteiger partial charge in [0.15, 0.2) is 0 Å². The Bertz CT molecular complexity index is 612. The molecule has 3 rings (SSSR count). The van der Waals surface area contributed by atoms with Gasteiger partial charge in [0.2, 0.25) is 0 Å². The molecule has 0 N–H and O–H groups in total. The maximum atomic E-state index is 12.5. The van der Waals surface area contributed by atoms with Crippen LogP contribution in [0.4, 0.5) is 4.79 Å². The van der Waals surface area contributed by atoms with E-state index < -0.39 is 5.60 Å². The van der Waals surface area contributed by atoms with E-state index in [9.17, 15) is 4.79 Å². The van der Waals surface area contributed by atoms with Crippen molar-refractivity contribution in [2.75, 3.05) is 7.11 Å². The lowest BCUT2D eigenvalue weighted by Gasteiger charge is -2.35. The number of hydrogen-bond acceptors (Lipinski definition) is 3. The molecule has 4 heteroatoms. The van der Waals surface area contributed by atoms with Crippen LogP contribution in [0.3, 0.4) is 0 Å². The third kappa shape index (κ3) is 3.36. The van der Waals surface area contributed by atoms with Crippen molar-refractivity contribution in [3.05, 3.63) is 35.9 Å². The Labute approximate surface area is 138 Å². The Morgan fingerprint density at radius 1 is 1.17 bits per heavy atom. The van der Waals surface area contributed by atoms with E-state index in [0.29, 0.717) is 0 Å². The molecule has 2 aliphatic rings. The van der Waals surface area contributed by atoms with Gasteiger partial charge in [-0.25, -0.2) is 4.79 Å². The van der Waals surface area contributed by atoms with E-state index in [1.807, 2.05) is 37.8 Å². The molecule has 2 bridgehead atoms. The van der Waals surface area contributed by atoms with E-state index >= 15 is 0 Å². The number of ether oxygens (including phenoxy) is 2. The Morgan fingerprint density at radius 3 is 2.43 bits per heavy atom. The van der Waals surface area contributed by atoms with Crippen molar-refractivity contribution in [3.63, 3.8) is 0 Å². The summed E-state index contributed by atoms with van der Waals surface area (Å²) in [5.41, 5.74) is 2.09. The summed E-state index contributed by atoms with van der Waals surface area (Å²) in [7, 11) is 1.67. The molecule has 23 heavy (non-hydrogen) atoms. The van der Waals surface area contributed by atoms with Crippen molar-refractivity contribution in [1.29, 1.82) is 0 Å². The molecule has 4 nitrogen and oxygen atoms in total. The summed E-state index contributed by atoms with van der Waals surface area (Å²) in [6, 6.07) is 8.55. The summed E-state index contributed by atoms with van der Waals surface area (Å²) in [5.74, 6) is 0.864. The van der Waals surface area contributed by atoms with Gasteiger partial charge in [-0.1, -0.05) is 18.2 Å². The molecule has 2 atom stereocenters. The molecule has 2 heterocycles. The number of rotatable bonds is 2. The molecule has 0 saturated carbocycles. The van der Waals surface area contributed by atoms with E-state index in [-0.39, 0.29) is 18.2 Å². The fraction of sp³-hybridized carbons (Fsp3) is 0.526. The van der Waals surface area contributed by atoms with Crippen molar-refractivity contribution in [1.82, 2.24) is 4.90 Å². The van der Waals surface area contributed by atoms with Crippen LogP contribution < -0.4 is 4.74 Å². The monoisotopic (exact) mass is 315 g/mol. The lowest BCUT2D eigenvalue weighted by atomic mass is 9.95. The van der Waals surface area contributed by atoms with E-state index in [2.05, 4.69) is 18.2 Å². The predicted molar refractivity (Wildman–Crippen MR) is 90.5 cm³/mol. The topological polar surface area (TPSA) is 38.8 Å². The fourth-order valence-corrected chi connectivity index (χ4v) is 3.45. The number of amides is 1. The molecular formula is C19H25NO3. The Balaban J connectivity index is 1.78. The second kappa shape index (κ2) is 5.91. The quantitative estimate of drug-likeness (QED) is 0.819. The SMILES string of the molecule is COc1ccc(C2=C[C@H]3CC[C@@H](C2)N3C(=O)OC(C)(C)C)cc1. The third-order valence-electron chi connectivity index (χ3n) is 4.46. The predicted octanol–water partition coefficient (Wildman–Crippen LogP) is 4.25. The number of benzene rings is 1. The van der Waals surface area contributed by atoms with Crippen molar-refractivity contribution >= 4 is 11.7 Å². The average molecular weight is 315 g/mol. The summed E-state index contributed by atoms with van der Waals surface area (Å²) in [6.45, 7) is 5.74. The van der Waals surface area contributed by atoms with E-state index in [4.69, 9.17) is 9.47 Å². The second-order valence-corrected chi connectivity index (χ2v) is 7.31. The Kier molecular flexibility index (Phi) is 4.09. The molecule has 0 radical (unpaired) electrons. The largest absolute Gasteiger partial charge is 0.497 e. The van der Waals surface area contributed by atoms with Crippen molar-refractivity contribution < 1.29 is 14.3 Å². The first kappa shape index (κ1) is 15.9. The second-order valence-electron chi connectivity index (χ2n) is 7.31. The Hall–Kier alpha value is -1.97. The lowest BCUT2D eigenvalue weighted by molar-refractivity contribution is 0.0175. The molecule has 1 aromatic carbocycles. The highest BCUT2D eigenvalue weighted by molar-refractivity contribution is 5.75. The normalized spacial score (nSPS) is 23.5. The summed E-state index contributed by atoms with van der Waals surface area (Å²) in [5, 5.41) is 0. The number of methoxy groups -OCH3 is 1. The minimum atomic E-state index is -0.448. The molecule has 0 aliphatic carbocycles. The zero-order chi connectivity index (χ0) is 16.6. The van der Waals surface area contributed by atoms with Crippen LogP contribution in [0.1, 0.15) is 45.6 Å². The number of hydrogen-bond donors (Lipinski definition) is 0. The summed E-state index contributed by atoms with van der Waals surface area (Å²) in [4.78, 5) is 14.4. The average Bonchev–Trinajstić information content (AvgIpc) is 2.76.